The van der Waals surface area contributed by atoms with Crippen molar-refractivity contribution in [3.05, 3.63) is 175 Å². The fourth-order valence-electron chi connectivity index (χ4n) is 8.44. The van der Waals surface area contributed by atoms with Crippen molar-refractivity contribution in [2.45, 2.75) is 33.7 Å². The molecule has 0 saturated carbocycles. The van der Waals surface area contributed by atoms with Crippen molar-refractivity contribution in [2.24, 2.45) is 0 Å². The van der Waals surface area contributed by atoms with Gasteiger partial charge < -0.3 is 14.1 Å². The number of pyridine rings is 2. The van der Waals surface area contributed by atoms with E-state index in [2.05, 4.69) is 122 Å². The Bertz CT molecular complexity index is 3200. The molecular formula is C53H40N3O2Pt-. The summed E-state index contributed by atoms with van der Waals surface area (Å²) >= 11 is 0. The van der Waals surface area contributed by atoms with Crippen molar-refractivity contribution in [3.8, 4) is 73.0 Å². The SMILES string of the molecule is Cc1cc(-c2c(-c3ccc4c(c3)oc3ccccc34)c3ccccc3n2C(C)C)cc(-c2[c-]c(-c3cc(-c4ccccc4)cc(-c4cccc(C)c4O)n3)ccc2)n1.[Pt]. The number of para-hydroxylation sites is 3. The second-order valence-corrected chi connectivity index (χ2v) is 15.3. The van der Waals surface area contributed by atoms with Crippen molar-refractivity contribution in [3.63, 3.8) is 0 Å². The summed E-state index contributed by atoms with van der Waals surface area (Å²) in [6.07, 6.45) is 0. The number of furan rings is 1. The first-order valence-corrected chi connectivity index (χ1v) is 19.7. The summed E-state index contributed by atoms with van der Waals surface area (Å²) in [4.78, 5) is 10.2. The summed E-state index contributed by atoms with van der Waals surface area (Å²) in [7, 11) is 0. The average Bonchev–Trinajstić information content (AvgIpc) is 3.81. The van der Waals surface area contributed by atoms with E-state index in [1.807, 2.05) is 73.7 Å². The number of fused-ring (bicyclic) bond motifs is 4. The first-order chi connectivity index (χ1) is 28.3. The van der Waals surface area contributed by atoms with Crippen molar-refractivity contribution in [1.29, 1.82) is 0 Å². The number of nitrogens with zero attached hydrogens (tertiary/aromatic N) is 3. The average molecular weight is 946 g/mol. The van der Waals surface area contributed by atoms with Crippen LogP contribution >= 0.6 is 0 Å². The minimum Gasteiger partial charge on any atom is -0.507 e. The van der Waals surface area contributed by atoms with E-state index >= 15 is 0 Å². The van der Waals surface area contributed by atoms with E-state index in [4.69, 9.17) is 14.4 Å². The van der Waals surface area contributed by atoms with E-state index in [9.17, 15) is 5.11 Å². The van der Waals surface area contributed by atoms with Crippen LogP contribution in [0.3, 0.4) is 0 Å². The molecule has 10 aromatic rings. The van der Waals surface area contributed by atoms with E-state index in [1.54, 1.807) is 0 Å². The van der Waals surface area contributed by atoms with Crippen LogP contribution in [-0.2, 0) is 21.1 Å². The van der Waals surface area contributed by atoms with Gasteiger partial charge in [0.2, 0.25) is 0 Å². The van der Waals surface area contributed by atoms with E-state index < -0.39 is 0 Å². The normalized spacial score (nSPS) is 11.5. The molecule has 0 atom stereocenters. The molecule has 0 unspecified atom stereocenters. The number of benzene rings is 6. The monoisotopic (exact) mass is 945 g/mol. The molecular weight excluding hydrogens is 906 g/mol. The molecule has 59 heavy (non-hydrogen) atoms. The third-order valence-corrected chi connectivity index (χ3v) is 11.1. The third kappa shape index (κ3) is 6.76. The molecule has 10 rings (SSSR count). The second-order valence-electron chi connectivity index (χ2n) is 15.3. The molecule has 0 radical (unpaired) electrons. The molecule has 6 heteroatoms. The van der Waals surface area contributed by atoms with Gasteiger partial charge in [-0.15, -0.1) is 24.3 Å². The molecule has 0 aliphatic carbocycles. The first-order valence-electron chi connectivity index (χ1n) is 19.7. The third-order valence-electron chi connectivity index (χ3n) is 11.1. The number of phenols is 1. The van der Waals surface area contributed by atoms with Gasteiger partial charge in [0.15, 0.2) is 0 Å². The van der Waals surface area contributed by atoms with Gasteiger partial charge in [-0.3, -0.25) is 9.97 Å². The van der Waals surface area contributed by atoms with Crippen molar-refractivity contribution in [2.75, 3.05) is 0 Å². The van der Waals surface area contributed by atoms with Crippen LogP contribution in [0.1, 0.15) is 31.1 Å². The van der Waals surface area contributed by atoms with Crippen LogP contribution in [0.4, 0.5) is 0 Å². The molecule has 1 N–H and O–H groups in total. The van der Waals surface area contributed by atoms with Crippen molar-refractivity contribution < 1.29 is 30.6 Å². The number of aromatic nitrogens is 3. The maximum atomic E-state index is 11.1. The van der Waals surface area contributed by atoms with Gasteiger partial charge in [0, 0.05) is 77.0 Å². The predicted octanol–water partition coefficient (Wildman–Crippen LogP) is 14.0. The van der Waals surface area contributed by atoms with Gasteiger partial charge in [0.25, 0.3) is 0 Å². The molecule has 0 saturated heterocycles. The summed E-state index contributed by atoms with van der Waals surface area (Å²) < 4.78 is 8.86. The van der Waals surface area contributed by atoms with E-state index in [-0.39, 0.29) is 32.9 Å². The van der Waals surface area contributed by atoms with Gasteiger partial charge in [-0.1, -0.05) is 108 Å². The Balaban J connectivity index is 0.00000449. The van der Waals surface area contributed by atoms with Gasteiger partial charge >= 0.3 is 0 Å². The summed E-state index contributed by atoms with van der Waals surface area (Å²) in [6.45, 7) is 8.46. The molecule has 4 aromatic heterocycles. The zero-order valence-electron chi connectivity index (χ0n) is 33.1. The second kappa shape index (κ2) is 15.3. The number of rotatable bonds is 7. The summed E-state index contributed by atoms with van der Waals surface area (Å²) in [5.41, 5.74) is 15.9. The number of phenolic OH excluding ortho intramolecular Hbond substituents is 1. The topological polar surface area (TPSA) is 64.1 Å². The van der Waals surface area contributed by atoms with Crippen LogP contribution in [0.5, 0.6) is 5.75 Å². The largest absolute Gasteiger partial charge is 0.507 e. The van der Waals surface area contributed by atoms with Crippen LogP contribution in [0.2, 0.25) is 0 Å². The molecule has 0 spiro atoms. The van der Waals surface area contributed by atoms with Crippen LogP contribution in [0.25, 0.3) is 100 Å². The van der Waals surface area contributed by atoms with E-state index in [1.165, 1.54) is 10.9 Å². The number of aryl methyl sites for hydroxylation is 2. The van der Waals surface area contributed by atoms with Crippen molar-refractivity contribution >= 4 is 32.8 Å². The van der Waals surface area contributed by atoms with Gasteiger partial charge in [-0.25, -0.2) is 0 Å². The number of hydrogen-bond acceptors (Lipinski definition) is 4. The Hall–Kier alpha value is -6.55. The van der Waals surface area contributed by atoms with Gasteiger partial charge in [0.05, 0.1) is 11.4 Å². The minimum atomic E-state index is 0. The zero-order valence-corrected chi connectivity index (χ0v) is 35.4. The Morgan fingerprint density at radius 1 is 0.559 bits per heavy atom. The molecule has 5 nitrogen and oxygen atoms in total. The van der Waals surface area contributed by atoms with E-state index in [0.29, 0.717) is 11.3 Å². The molecule has 0 bridgehead atoms. The maximum absolute atomic E-state index is 11.1. The standard InChI is InChI=1S/C53H40N3O2.Pt/c1-32(2)56-48-22-10-8-20-44(48)51(38-24-25-42-41-19-9-11-23-49(41)58-50(42)31-38)52(56)40-26-34(4)54-45(30-40)36-17-13-18-37(27-36)46-28-39(35-15-6-5-7-16-35)29-47(55-46)43-21-12-14-33(3)53(43)57;/h5-26,28-32,57H,1-4H3;/q-1;. The zero-order chi connectivity index (χ0) is 39.5. The smallest absolute Gasteiger partial charge is 0.136 e. The van der Waals surface area contributed by atoms with Gasteiger partial charge in [0.1, 0.15) is 16.9 Å². The minimum absolute atomic E-state index is 0. The molecule has 6 aromatic carbocycles. The molecule has 0 amide bonds. The molecule has 4 heterocycles. The van der Waals surface area contributed by atoms with Crippen LogP contribution < -0.4 is 0 Å². The molecule has 0 aliphatic rings. The van der Waals surface area contributed by atoms with E-state index in [0.717, 1.165) is 89.2 Å². The fraction of sp³-hybridized carbons (Fsp3) is 0.0943. The first kappa shape index (κ1) is 38.0. The number of aromatic hydroxyl groups is 1. The van der Waals surface area contributed by atoms with Crippen molar-refractivity contribution in [1.82, 2.24) is 14.5 Å². The molecule has 290 valence electrons. The van der Waals surface area contributed by atoms with Crippen LogP contribution in [0, 0.1) is 19.9 Å². The van der Waals surface area contributed by atoms with Crippen LogP contribution in [-0.4, -0.2) is 19.6 Å². The Labute approximate surface area is 357 Å². The fourth-order valence-corrected chi connectivity index (χ4v) is 8.44. The maximum Gasteiger partial charge on any atom is 0.136 e. The summed E-state index contributed by atoms with van der Waals surface area (Å²) in [5.74, 6) is 0.232. The Morgan fingerprint density at radius 3 is 2.02 bits per heavy atom. The summed E-state index contributed by atoms with van der Waals surface area (Å²) in [6, 6.07) is 58.1. The van der Waals surface area contributed by atoms with Crippen LogP contribution in [0.15, 0.2) is 162 Å². The quantitative estimate of drug-likeness (QED) is 0.162. The van der Waals surface area contributed by atoms with Gasteiger partial charge in [-0.05, 0) is 98.0 Å². The molecule has 0 aliphatic heterocycles. The Kier molecular flexibility index (Phi) is 9.87. The van der Waals surface area contributed by atoms with Gasteiger partial charge in [-0.2, -0.15) is 0 Å². The molecule has 0 fully saturated rings. The Morgan fingerprint density at radius 2 is 1.22 bits per heavy atom. The number of hydrogen-bond donors (Lipinski definition) is 1. The predicted molar refractivity (Wildman–Crippen MR) is 238 cm³/mol. The summed E-state index contributed by atoms with van der Waals surface area (Å²) in [5, 5.41) is 14.5.